The summed E-state index contributed by atoms with van der Waals surface area (Å²) in [7, 11) is 0. The topological polar surface area (TPSA) is 229 Å². The van der Waals surface area contributed by atoms with E-state index in [0.29, 0.717) is 18.4 Å². The quantitative estimate of drug-likeness (QED) is 0.101. The highest BCUT2D eigenvalue weighted by molar-refractivity contribution is 8.00. The largest absolute Gasteiger partial charge is 0.381 e. The van der Waals surface area contributed by atoms with Gasteiger partial charge in [0.2, 0.25) is 35.4 Å². The number of aliphatic hydroxyl groups excluding tert-OH is 1. The number of carbonyl (C=O) groups excluding carboxylic acids is 7. The molecule has 1 aromatic carbocycles. The van der Waals surface area contributed by atoms with E-state index in [9.17, 15) is 38.7 Å². The third-order valence-corrected chi connectivity index (χ3v) is 11.4. The number of nitrogens with one attached hydrogen (secondary N) is 5. The summed E-state index contributed by atoms with van der Waals surface area (Å²) < 4.78 is -0.851. The molecule has 2 rings (SSSR count). The fourth-order valence-corrected chi connectivity index (χ4v) is 7.72. The number of thioether (sulfide) groups is 1. The molecule has 314 valence electrons. The summed E-state index contributed by atoms with van der Waals surface area (Å²) in [6.45, 7) is 19.3. The smallest absolute Gasteiger partial charge is 0.254 e. The van der Waals surface area contributed by atoms with Crippen molar-refractivity contribution in [1.29, 1.82) is 0 Å². The molecule has 0 aliphatic carbocycles. The molecule has 16 heteroatoms. The van der Waals surface area contributed by atoms with E-state index in [1.54, 1.807) is 65.8 Å². The minimum atomic E-state index is -1.82. The van der Waals surface area contributed by atoms with E-state index in [-0.39, 0.29) is 24.1 Å². The molecule has 0 saturated carbocycles. The number of nitrogens with zero attached hydrogens (tertiary/aromatic N) is 1. The van der Waals surface area contributed by atoms with Gasteiger partial charge in [0.05, 0.1) is 11.9 Å². The van der Waals surface area contributed by atoms with E-state index in [1.807, 2.05) is 33.8 Å². The van der Waals surface area contributed by atoms with Gasteiger partial charge in [-0.15, -0.1) is 11.8 Å². The first kappa shape index (κ1) is 48.0. The zero-order chi connectivity index (χ0) is 42.7. The van der Waals surface area contributed by atoms with Gasteiger partial charge in [0.15, 0.2) is 6.10 Å². The zero-order valence-corrected chi connectivity index (χ0v) is 35.6. The van der Waals surface area contributed by atoms with Gasteiger partial charge in [-0.05, 0) is 55.9 Å². The van der Waals surface area contributed by atoms with Gasteiger partial charge in [0, 0.05) is 11.7 Å². The molecule has 0 aromatic heterocycles. The van der Waals surface area contributed by atoms with E-state index in [2.05, 4.69) is 26.6 Å². The van der Waals surface area contributed by atoms with E-state index >= 15 is 0 Å². The number of nitrogens with two attached hydrogens (primary N) is 1. The lowest BCUT2D eigenvalue weighted by Gasteiger charge is -2.35. The molecule has 1 heterocycles. The van der Waals surface area contributed by atoms with Gasteiger partial charge in [0.25, 0.3) is 5.91 Å². The molecule has 8 N–H and O–H groups in total. The molecule has 56 heavy (non-hydrogen) atoms. The maximum Gasteiger partial charge on any atom is 0.254 e. The van der Waals surface area contributed by atoms with Crippen LogP contribution < -0.4 is 32.3 Å². The molecular weight excluding hydrogens is 739 g/mol. The predicted octanol–water partition coefficient (Wildman–Crippen LogP) is 1.60. The monoisotopic (exact) mass is 803 g/mol. The highest BCUT2D eigenvalue weighted by Crippen LogP contribution is 2.40. The number of hydrogen-bond acceptors (Lipinski definition) is 9. The fraction of sp³-hybridized carbons (Fsp3) is 0.675. The molecule has 1 aliphatic heterocycles. The summed E-state index contributed by atoms with van der Waals surface area (Å²) in [4.78, 5) is 94.5. The van der Waals surface area contributed by atoms with Crippen LogP contribution >= 0.6 is 11.8 Å². The second-order valence-electron chi connectivity index (χ2n) is 16.5. The van der Waals surface area contributed by atoms with E-state index in [4.69, 9.17) is 5.73 Å². The lowest BCUT2D eigenvalue weighted by atomic mass is 9.94. The van der Waals surface area contributed by atoms with Crippen LogP contribution in [0, 0.1) is 23.7 Å². The van der Waals surface area contributed by atoms with Gasteiger partial charge in [-0.3, -0.25) is 33.6 Å². The van der Waals surface area contributed by atoms with Crippen molar-refractivity contribution in [2.75, 3.05) is 5.88 Å². The Kier molecular flexibility index (Phi) is 18.3. The van der Waals surface area contributed by atoms with Crippen molar-refractivity contribution in [3.05, 3.63) is 35.9 Å². The van der Waals surface area contributed by atoms with Gasteiger partial charge in [0.1, 0.15) is 30.2 Å². The first-order chi connectivity index (χ1) is 26.0. The standard InChI is InChI=1S/C40H65N7O8S/c1-12-24(8)31(42-25(9)48)37(53)45-29(22(4)5)35(51)43-27(19-26-16-14-13-15-17-26)32(49)39(55)47-20-56-40(10,11)33(47)38(54)46-30(23(6)7)36(52)44-28(34(41)50)18-21(2)3/h13-17,21-24,27-33,49H,12,18-20H2,1-11H3,(H2,41,50)(H,42,48)(H,43,51)(H,44,52)(H,45,53)(H,46,54)/t24-,27-,28-,29-,30-,31-,32-,33+/m0/s1. The molecular formula is C40H65N7O8S. The third-order valence-electron chi connectivity index (χ3n) is 10.1. The van der Waals surface area contributed by atoms with Crippen molar-refractivity contribution in [2.45, 2.75) is 143 Å². The van der Waals surface area contributed by atoms with Crippen molar-refractivity contribution in [1.82, 2.24) is 31.5 Å². The highest BCUT2D eigenvalue weighted by atomic mass is 32.2. The van der Waals surface area contributed by atoms with Gasteiger partial charge in [-0.1, -0.05) is 92.1 Å². The second kappa shape index (κ2) is 21.4. The van der Waals surface area contributed by atoms with Crippen LogP contribution in [0.2, 0.25) is 0 Å². The van der Waals surface area contributed by atoms with Gasteiger partial charge < -0.3 is 42.3 Å². The molecule has 8 atom stereocenters. The summed E-state index contributed by atoms with van der Waals surface area (Å²) in [5, 5.41) is 25.5. The van der Waals surface area contributed by atoms with Gasteiger partial charge in [-0.25, -0.2) is 0 Å². The number of amides is 7. The van der Waals surface area contributed by atoms with Crippen molar-refractivity contribution in [2.24, 2.45) is 29.4 Å². The van der Waals surface area contributed by atoms with Crippen LogP contribution in [0.15, 0.2) is 30.3 Å². The number of benzene rings is 1. The average molecular weight is 804 g/mol. The zero-order valence-electron chi connectivity index (χ0n) is 34.8. The lowest BCUT2D eigenvalue weighted by Crippen LogP contribution is -2.63. The Hall–Kier alpha value is -4.18. The maximum atomic E-state index is 14.3. The summed E-state index contributed by atoms with van der Waals surface area (Å²) in [6.07, 6.45) is -0.883. The normalized spacial score (nSPS) is 18.9. The minimum absolute atomic E-state index is 0.0356. The molecule has 1 fully saturated rings. The van der Waals surface area contributed by atoms with Crippen molar-refractivity contribution in [3.63, 3.8) is 0 Å². The summed E-state index contributed by atoms with van der Waals surface area (Å²) in [6, 6.07) is 2.65. The van der Waals surface area contributed by atoms with Crippen LogP contribution in [0.1, 0.15) is 94.6 Å². The molecule has 0 bridgehead atoms. The van der Waals surface area contributed by atoms with Crippen LogP contribution in [0.3, 0.4) is 0 Å². The Labute approximate surface area is 336 Å². The number of rotatable bonds is 20. The number of hydrogen-bond donors (Lipinski definition) is 7. The SMILES string of the molecule is CC[C@H](C)[C@H](NC(C)=O)C(=O)N[C@H](C(=O)N[C@@H](Cc1ccccc1)[C@H](O)C(=O)N1CSC(C)(C)[C@H]1C(=O)N[C@H](C(=O)N[C@@H](CC(C)C)C(N)=O)C(C)C)C(C)C. The van der Waals surface area contributed by atoms with Crippen LogP contribution in [0.5, 0.6) is 0 Å². The fourth-order valence-electron chi connectivity index (χ4n) is 6.58. The van der Waals surface area contributed by atoms with E-state index < -0.39 is 100 Å². The van der Waals surface area contributed by atoms with Gasteiger partial charge >= 0.3 is 0 Å². The third kappa shape index (κ3) is 13.5. The lowest BCUT2D eigenvalue weighted by molar-refractivity contribution is -0.148. The molecule has 0 unspecified atom stereocenters. The molecule has 0 radical (unpaired) electrons. The molecule has 7 amide bonds. The Morgan fingerprint density at radius 3 is 1.86 bits per heavy atom. The van der Waals surface area contributed by atoms with Gasteiger partial charge in [-0.2, -0.15) is 0 Å². The van der Waals surface area contributed by atoms with Crippen molar-refractivity contribution < 1.29 is 38.7 Å². The molecule has 1 aliphatic rings. The predicted molar refractivity (Wildman–Crippen MR) is 216 cm³/mol. The second-order valence-corrected chi connectivity index (χ2v) is 18.1. The Morgan fingerprint density at radius 1 is 0.821 bits per heavy atom. The number of aliphatic hydroxyl groups is 1. The Balaban J connectivity index is 2.42. The van der Waals surface area contributed by atoms with Crippen molar-refractivity contribution in [3.8, 4) is 0 Å². The van der Waals surface area contributed by atoms with E-state index in [1.165, 1.54) is 23.6 Å². The Bertz CT molecular complexity index is 1540. The molecule has 15 nitrogen and oxygen atoms in total. The van der Waals surface area contributed by atoms with Crippen LogP contribution in [-0.2, 0) is 40.0 Å². The average Bonchev–Trinajstić information content (AvgIpc) is 3.44. The van der Waals surface area contributed by atoms with Crippen molar-refractivity contribution >= 4 is 53.1 Å². The van der Waals surface area contributed by atoms with E-state index in [0.717, 1.165) is 0 Å². The Morgan fingerprint density at radius 2 is 1.36 bits per heavy atom. The van der Waals surface area contributed by atoms with Crippen LogP contribution in [-0.4, -0.2) is 104 Å². The molecule has 0 spiro atoms. The van der Waals surface area contributed by atoms with Crippen LogP contribution in [0.25, 0.3) is 0 Å². The number of primary amides is 1. The first-order valence-corrected chi connectivity index (χ1v) is 20.4. The summed E-state index contributed by atoms with van der Waals surface area (Å²) >= 11 is 1.32. The molecule has 1 aromatic rings. The number of carbonyl (C=O) groups is 7. The molecule has 1 saturated heterocycles. The van der Waals surface area contributed by atoms with Crippen LogP contribution in [0.4, 0.5) is 0 Å². The highest BCUT2D eigenvalue weighted by Gasteiger charge is 2.51. The summed E-state index contributed by atoms with van der Waals surface area (Å²) in [5.41, 5.74) is 6.26. The maximum absolute atomic E-state index is 14.3. The summed E-state index contributed by atoms with van der Waals surface area (Å²) in [5.74, 6) is -5.26. The minimum Gasteiger partial charge on any atom is -0.381 e. The first-order valence-electron chi connectivity index (χ1n) is 19.5.